The van der Waals surface area contributed by atoms with Crippen molar-refractivity contribution in [3.05, 3.63) is 22.8 Å². The highest BCUT2D eigenvalue weighted by atomic mass is 16.3. The molecule has 23 heavy (non-hydrogen) atoms. The molecule has 0 saturated heterocycles. The van der Waals surface area contributed by atoms with Crippen molar-refractivity contribution in [1.82, 2.24) is 0 Å². The molecule has 0 spiro atoms. The standard InChI is InChI=1S/C20H26O3/c1-12(21)20(23)10-8-18-17-5-3-13-11-14(22)4-6-15(13)16(17)7-9-19(18,20)2/h7,17-18,23H,3-6,8-11H2,1-2H3/t17?,18?,19?,20-/m0/s1. The molecule has 0 aromatic carbocycles. The fourth-order valence-corrected chi connectivity index (χ4v) is 6.00. The summed E-state index contributed by atoms with van der Waals surface area (Å²) in [6.07, 6.45) is 8.95. The van der Waals surface area contributed by atoms with Gasteiger partial charge in [-0.1, -0.05) is 18.6 Å². The number of Topliss-reactive ketones (excluding diaryl/α,β-unsaturated/α-hetero) is 2. The van der Waals surface area contributed by atoms with E-state index in [0.29, 0.717) is 36.9 Å². The number of aliphatic hydroxyl groups is 1. The zero-order valence-electron chi connectivity index (χ0n) is 14.2. The molecular weight excluding hydrogens is 288 g/mol. The quantitative estimate of drug-likeness (QED) is 0.806. The first kappa shape index (κ1) is 15.3. The van der Waals surface area contributed by atoms with Gasteiger partial charge >= 0.3 is 0 Å². The summed E-state index contributed by atoms with van der Waals surface area (Å²) in [5, 5.41) is 11.0. The number of rotatable bonds is 1. The third-order valence-corrected chi connectivity index (χ3v) is 7.39. The van der Waals surface area contributed by atoms with Crippen molar-refractivity contribution >= 4 is 11.6 Å². The number of hydrogen-bond donors (Lipinski definition) is 1. The van der Waals surface area contributed by atoms with Crippen molar-refractivity contribution in [3.8, 4) is 0 Å². The van der Waals surface area contributed by atoms with Crippen LogP contribution in [0.4, 0.5) is 0 Å². The monoisotopic (exact) mass is 314 g/mol. The zero-order chi connectivity index (χ0) is 16.4. The van der Waals surface area contributed by atoms with Gasteiger partial charge in [-0.3, -0.25) is 9.59 Å². The van der Waals surface area contributed by atoms with Crippen LogP contribution in [0.5, 0.6) is 0 Å². The van der Waals surface area contributed by atoms with Gasteiger partial charge in [0, 0.05) is 18.3 Å². The molecular formula is C20H26O3. The molecule has 4 atom stereocenters. The van der Waals surface area contributed by atoms with Crippen LogP contribution in [-0.4, -0.2) is 22.3 Å². The van der Waals surface area contributed by atoms with Crippen LogP contribution < -0.4 is 0 Å². The SMILES string of the molecule is CC(=O)[C@@]1(O)CCC2C3CCC4=C(CCC(=O)C4)C3=CCC21C. The normalized spacial score (nSPS) is 42.7. The summed E-state index contributed by atoms with van der Waals surface area (Å²) < 4.78 is 0. The van der Waals surface area contributed by atoms with Crippen LogP contribution >= 0.6 is 0 Å². The minimum atomic E-state index is -1.16. The average molecular weight is 314 g/mol. The van der Waals surface area contributed by atoms with Crippen LogP contribution in [-0.2, 0) is 9.59 Å². The van der Waals surface area contributed by atoms with Crippen LogP contribution in [0.1, 0.15) is 65.2 Å². The molecule has 0 heterocycles. The summed E-state index contributed by atoms with van der Waals surface area (Å²) in [7, 11) is 0. The van der Waals surface area contributed by atoms with E-state index in [1.165, 1.54) is 16.7 Å². The minimum Gasteiger partial charge on any atom is -0.381 e. The van der Waals surface area contributed by atoms with E-state index in [1.807, 2.05) is 0 Å². The van der Waals surface area contributed by atoms with E-state index in [-0.39, 0.29) is 11.2 Å². The predicted molar refractivity (Wildman–Crippen MR) is 87.8 cm³/mol. The first-order chi connectivity index (χ1) is 10.9. The average Bonchev–Trinajstić information content (AvgIpc) is 2.80. The minimum absolute atomic E-state index is 0.0710. The number of carbonyl (C=O) groups is 2. The number of ketones is 2. The molecule has 0 amide bonds. The summed E-state index contributed by atoms with van der Waals surface area (Å²) in [5.41, 5.74) is 2.79. The molecule has 1 N–H and O–H groups in total. The van der Waals surface area contributed by atoms with E-state index in [9.17, 15) is 14.7 Å². The Labute approximate surface area is 137 Å². The smallest absolute Gasteiger partial charge is 0.161 e. The summed E-state index contributed by atoms with van der Waals surface area (Å²) in [5.74, 6) is 1.17. The van der Waals surface area contributed by atoms with Gasteiger partial charge in [0.1, 0.15) is 11.4 Å². The third kappa shape index (κ3) is 1.92. The van der Waals surface area contributed by atoms with Gasteiger partial charge in [0.25, 0.3) is 0 Å². The second kappa shape index (κ2) is 4.89. The maximum Gasteiger partial charge on any atom is 0.161 e. The molecule has 124 valence electrons. The van der Waals surface area contributed by atoms with Crippen LogP contribution in [0.2, 0.25) is 0 Å². The van der Waals surface area contributed by atoms with E-state index in [0.717, 1.165) is 32.1 Å². The molecule has 0 radical (unpaired) electrons. The van der Waals surface area contributed by atoms with E-state index in [1.54, 1.807) is 6.92 Å². The molecule has 1 fully saturated rings. The Morgan fingerprint density at radius 1 is 1.26 bits per heavy atom. The van der Waals surface area contributed by atoms with E-state index >= 15 is 0 Å². The van der Waals surface area contributed by atoms with Crippen molar-refractivity contribution in [3.63, 3.8) is 0 Å². The van der Waals surface area contributed by atoms with Gasteiger partial charge < -0.3 is 5.11 Å². The van der Waals surface area contributed by atoms with Gasteiger partial charge in [-0.15, -0.1) is 0 Å². The molecule has 3 nitrogen and oxygen atoms in total. The van der Waals surface area contributed by atoms with Crippen LogP contribution in [0.15, 0.2) is 22.8 Å². The van der Waals surface area contributed by atoms with Gasteiger partial charge in [0.2, 0.25) is 0 Å². The number of allylic oxidation sites excluding steroid dienone is 4. The molecule has 4 aliphatic carbocycles. The van der Waals surface area contributed by atoms with Crippen molar-refractivity contribution < 1.29 is 14.7 Å². The Bertz CT molecular complexity index is 656. The van der Waals surface area contributed by atoms with E-state index in [4.69, 9.17) is 0 Å². The fraction of sp³-hybridized carbons (Fsp3) is 0.700. The van der Waals surface area contributed by atoms with Crippen LogP contribution in [0.3, 0.4) is 0 Å². The first-order valence-corrected chi connectivity index (χ1v) is 9.03. The molecule has 1 saturated carbocycles. The number of fused-ring (bicyclic) bond motifs is 4. The molecule has 0 aromatic heterocycles. The molecule has 0 aromatic rings. The van der Waals surface area contributed by atoms with Crippen molar-refractivity contribution in [1.29, 1.82) is 0 Å². The highest BCUT2D eigenvalue weighted by Gasteiger charge is 2.62. The lowest BCUT2D eigenvalue weighted by Gasteiger charge is -2.49. The summed E-state index contributed by atoms with van der Waals surface area (Å²) >= 11 is 0. The van der Waals surface area contributed by atoms with Gasteiger partial charge in [-0.2, -0.15) is 0 Å². The molecule has 3 heteroatoms. The molecule has 3 unspecified atom stereocenters. The maximum absolute atomic E-state index is 12.1. The third-order valence-electron chi connectivity index (χ3n) is 7.39. The van der Waals surface area contributed by atoms with Gasteiger partial charge in [0.15, 0.2) is 5.78 Å². The van der Waals surface area contributed by atoms with Crippen LogP contribution in [0.25, 0.3) is 0 Å². The zero-order valence-corrected chi connectivity index (χ0v) is 14.2. The van der Waals surface area contributed by atoms with Crippen molar-refractivity contribution in [2.45, 2.75) is 70.8 Å². The molecule has 4 aliphatic rings. The number of hydrogen-bond acceptors (Lipinski definition) is 3. The maximum atomic E-state index is 12.1. The van der Waals surface area contributed by atoms with E-state index in [2.05, 4.69) is 13.0 Å². The van der Waals surface area contributed by atoms with Gasteiger partial charge in [-0.25, -0.2) is 0 Å². The highest BCUT2D eigenvalue weighted by molar-refractivity contribution is 5.86. The lowest BCUT2D eigenvalue weighted by Crippen LogP contribution is -2.52. The van der Waals surface area contributed by atoms with Crippen molar-refractivity contribution in [2.24, 2.45) is 17.3 Å². The second-order valence-electron chi connectivity index (χ2n) is 8.29. The Morgan fingerprint density at radius 2 is 2.04 bits per heavy atom. The number of carbonyl (C=O) groups excluding carboxylic acids is 2. The summed E-state index contributed by atoms with van der Waals surface area (Å²) in [4.78, 5) is 23.9. The van der Waals surface area contributed by atoms with Crippen molar-refractivity contribution in [2.75, 3.05) is 0 Å². The predicted octanol–water partition coefficient (Wildman–Crippen LogP) is 3.51. The Morgan fingerprint density at radius 3 is 2.78 bits per heavy atom. The van der Waals surface area contributed by atoms with Crippen LogP contribution in [0, 0.1) is 17.3 Å². The lowest BCUT2D eigenvalue weighted by molar-refractivity contribution is -0.150. The largest absolute Gasteiger partial charge is 0.381 e. The van der Waals surface area contributed by atoms with Gasteiger partial charge in [-0.05, 0) is 68.4 Å². The summed E-state index contributed by atoms with van der Waals surface area (Å²) in [6.45, 7) is 3.66. The highest BCUT2D eigenvalue weighted by Crippen LogP contribution is 2.62. The lowest BCUT2D eigenvalue weighted by atomic mass is 9.56. The Kier molecular flexibility index (Phi) is 3.26. The van der Waals surface area contributed by atoms with Gasteiger partial charge in [0.05, 0.1) is 0 Å². The topological polar surface area (TPSA) is 54.4 Å². The Hall–Kier alpha value is -1.22. The molecule has 4 rings (SSSR count). The second-order valence-corrected chi connectivity index (χ2v) is 8.29. The van der Waals surface area contributed by atoms with E-state index < -0.39 is 5.60 Å². The molecule has 0 bridgehead atoms. The first-order valence-electron chi connectivity index (χ1n) is 9.03. The fourth-order valence-electron chi connectivity index (χ4n) is 6.00. The summed E-state index contributed by atoms with van der Waals surface area (Å²) in [6, 6.07) is 0. The Balaban J connectivity index is 1.74. The molecule has 0 aliphatic heterocycles.